The second-order valence-electron chi connectivity index (χ2n) is 9.11. The van der Waals surface area contributed by atoms with Crippen LogP contribution in [0.4, 0.5) is 11.4 Å². The fraction of sp³-hybridized carbons (Fsp3) is 0.0625. The molecule has 0 saturated heterocycles. The molecule has 0 unspecified atom stereocenters. The first-order valence-corrected chi connectivity index (χ1v) is 12.4. The first-order chi connectivity index (χ1) is 18.9. The lowest BCUT2D eigenvalue weighted by Gasteiger charge is -2.20. The number of hydrogen-bond donors (Lipinski definition) is 0. The topological polar surface area (TPSA) is 66.4 Å². The van der Waals surface area contributed by atoms with E-state index in [0.29, 0.717) is 28.0 Å². The Morgan fingerprint density at radius 3 is 1.36 bits per heavy atom. The van der Waals surface area contributed by atoms with Crippen LogP contribution in [0.15, 0.2) is 116 Å². The zero-order chi connectivity index (χ0) is 27.4. The summed E-state index contributed by atoms with van der Waals surface area (Å²) in [6, 6.07) is 31.7. The van der Waals surface area contributed by atoms with Gasteiger partial charge in [-0.05, 0) is 30.3 Å². The van der Waals surface area contributed by atoms with E-state index >= 15 is 0 Å². The lowest BCUT2D eigenvalue weighted by molar-refractivity contribution is 0.0992. The number of rotatable bonds is 6. The molecule has 39 heavy (non-hydrogen) atoms. The highest BCUT2D eigenvalue weighted by Gasteiger charge is 2.20. The smallest absolute Gasteiger partial charge is 0.258 e. The normalized spacial score (nSPS) is 10.6. The zero-order valence-electron chi connectivity index (χ0n) is 21.7. The van der Waals surface area contributed by atoms with Crippen LogP contribution in [0.1, 0.15) is 20.7 Å². The molecule has 0 saturated carbocycles. The number of nitrogens with zero attached hydrogens (tertiary/aromatic N) is 4. The Bertz CT molecular complexity index is 1490. The van der Waals surface area contributed by atoms with E-state index in [9.17, 15) is 9.59 Å². The predicted molar refractivity (Wildman–Crippen MR) is 157 cm³/mol. The Morgan fingerprint density at radius 2 is 1.00 bits per heavy atom. The highest BCUT2D eigenvalue weighted by molar-refractivity contribution is 6.33. The molecule has 0 fully saturated rings. The highest BCUT2D eigenvalue weighted by Crippen LogP contribution is 2.23. The average Bonchev–Trinajstić information content (AvgIpc) is 3.00. The summed E-state index contributed by atoms with van der Waals surface area (Å²) in [6.45, 7) is 0. The molecule has 2 amide bonds. The minimum absolute atomic E-state index is 0.304. The fourth-order valence-corrected chi connectivity index (χ4v) is 4.25. The quantitative estimate of drug-likeness (QED) is 0.298. The molecule has 0 aliphatic heterocycles. The Labute approximate surface area is 229 Å². The van der Waals surface area contributed by atoms with E-state index in [0.717, 1.165) is 22.5 Å². The summed E-state index contributed by atoms with van der Waals surface area (Å²) in [6.07, 6.45) is 3.30. The van der Waals surface area contributed by atoms with Crippen molar-refractivity contribution in [1.29, 1.82) is 0 Å². The van der Waals surface area contributed by atoms with Gasteiger partial charge in [0, 0.05) is 36.3 Å². The molecule has 5 rings (SSSR count). The lowest BCUT2D eigenvalue weighted by Crippen LogP contribution is -2.30. The van der Waals surface area contributed by atoms with Crippen LogP contribution in [0.3, 0.4) is 0 Å². The van der Waals surface area contributed by atoms with Crippen LogP contribution in [0.5, 0.6) is 0 Å². The summed E-state index contributed by atoms with van der Waals surface area (Å²) < 4.78 is 0. The number of amides is 2. The number of aromatic nitrogens is 2. The first-order valence-electron chi connectivity index (χ1n) is 12.4. The van der Waals surface area contributed by atoms with E-state index in [4.69, 9.17) is 7.85 Å². The van der Waals surface area contributed by atoms with E-state index in [1.807, 2.05) is 84.9 Å². The predicted octanol–water partition coefficient (Wildman–Crippen LogP) is 5.16. The molecule has 7 heteroatoms. The van der Waals surface area contributed by atoms with Gasteiger partial charge in [0.25, 0.3) is 11.8 Å². The van der Waals surface area contributed by atoms with Crippen LogP contribution in [0.25, 0.3) is 22.5 Å². The Balaban J connectivity index is 1.34. The van der Waals surface area contributed by atoms with Gasteiger partial charge in [-0.3, -0.25) is 19.6 Å². The molecule has 0 spiro atoms. The second-order valence-corrected chi connectivity index (χ2v) is 9.11. The fourth-order valence-electron chi connectivity index (χ4n) is 4.25. The van der Waals surface area contributed by atoms with Gasteiger partial charge in [-0.1, -0.05) is 78.3 Å². The molecule has 5 aromatic rings. The van der Waals surface area contributed by atoms with Crippen LogP contribution in [0, 0.1) is 0 Å². The molecule has 0 aliphatic carbocycles. The SMILES string of the molecule is [B]c1cc(C(=O)N(C)c2ccc(-c3ccccc3)nc2)cc(C(=O)N(C)c2ccc(-c3ccccc3)nc2)c1. The number of carbonyl (C=O) groups excluding carboxylic acids is 2. The van der Waals surface area contributed by atoms with Crippen molar-refractivity contribution in [3.05, 3.63) is 127 Å². The molecule has 6 nitrogen and oxygen atoms in total. The summed E-state index contributed by atoms with van der Waals surface area (Å²) in [5.74, 6) is -0.607. The summed E-state index contributed by atoms with van der Waals surface area (Å²) >= 11 is 0. The van der Waals surface area contributed by atoms with E-state index in [2.05, 4.69) is 9.97 Å². The largest absolute Gasteiger partial charge is 0.310 e. The van der Waals surface area contributed by atoms with Gasteiger partial charge >= 0.3 is 0 Å². The van der Waals surface area contributed by atoms with Gasteiger partial charge in [-0.15, -0.1) is 0 Å². The lowest BCUT2D eigenvalue weighted by atomic mass is 9.91. The third kappa shape index (κ3) is 5.62. The van der Waals surface area contributed by atoms with Crippen LogP contribution in [-0.4, -0.2) is 43.7 Å². The molecule has 0 atom stereocenters. The van der Waals surface area contributed by atoms with E-state index in [1.165, 1.54) is 9.80 Å². The number of carbonyl (C=O) groups is 2. The number of benzene rings is 3. The molecular weight excluding hydrogens is 483 g/mol. The monoisotopic (exact) mass is 508 g/mol. The molecule has 0 bridgehead atoms. The molecule has 2 aromatic heterocycles. The molecule has 188 valence electrons. The van der Waals surface area contributed by atoms with Gasteiger partial charge in [0.15, 0.2) is 0 Å². The highest BCUT2D eigenvalue weighted by atomic mass is 16.2. The van der Waals surface area contributed by atoms with Gasteiger partial charge < -0.3 is 9.80 Å². The van der Waals surface area contributed by atoms with Crippen molar-refractivity contribution in [2.75, 3.05) is 23.9 Å². The summed E-state index contributed by atoms with van der Waals surface area (Å²) in [7, 11) is 9.45. The zero-order valence-corrected chi connectivity index (χ0v) is 21.7. The molecule has 0 aliphatic rings. The van der Waals surface area contributed by atoms with Gasteiger partial charge in [0.1, 0.15) is 7.85 Å². The summed E-state index contributed by atoms with van der Waals surface area (Å²) in [4.78, 5) is 38.7. The molecule has 2 radical (unpaired) electrons. The second kappa shape index (κ2) is 11.1. The third-order valence-corrected chi connectivity index (χ3v) is 6.47. The molecule has 0 N–H and O–H groups in total. The summed E-state index contributed by atoms with van der Waals surface area (Å²) in [5, 5.41) is 0. The van der Waals surface area contributed by atoms with Crippen molar-refractivity contribution in [3.8, 4) is 22.5 Å². The van der Waals surface area contributed by atoms with Crippen molar-refractivity contribution in [2.24, 2.45) is 0 Å². The van der Waals surface area contributed by atoms with Crippen molar-refractivity contribution >= 4 is 36.5 Å². The standard InChI is InChI=1S/C32H25BN4O2/c1-36(27-13-15-29(34-20-27)22-9-5-3-6-10-22)31(38)24-17-25(19-26(33)18-24)32(39)37(2)28-14-16-30(35-21-28)23-11-7-4-8-12-23/h3-21H,1-2H3. The number of hydrogen-bond acceptors (Lipinski definition) is 4. The van der Waals surface area contributed by atoms with Gasteiger partial charge in [-0.2, -0.15) is 0 Å². The van der Waals surface area contributed by atoms with Crippen LogP contribution in [0.2, 0.25) is 0 Å². The van der Waals surface area contributed by atoms with E-state index in [-0.39, 0.29) is 11.8 Å². The molecule has 3 aromatic carbocycles. The van der Waals surface area contributed by atoms with E-state index < -0.39 is 0 Å². The first kappa shape index (κ1) is 25.6. The maximum absolute atomic E-state index is 13.3. The van der Waals surface area contributed by atoms with Crippen molar-refractivity contribution < 1.29 is 9.59 Å². The van der Waals surface area contributed by atoms with Gasteiger partial charge in [0.2, 0.25) is 0 Å². The van der Waals surface area contributed by atoms with Crippen molar-refractivity contribution in [1.82, 2.24) is 9.97 Å². The van der Waals surface area contributed by atoms with Crippen LogP contribution in [-0.2, 0) is 0 Å². The van der Waals surface area contributed by atoms with Crippen LogP contribution < -0.4 is 15.3 Å². The molecule has 2 heterocycles. The summed E-state index contributed by atoms with van der Waals surface area (Å²) in [5.41, 5.74) is 5.78. The maximum Gasteiger partial charge on any atom is 0.258 e. The third-order valence-electron chi connectivity index (χ3n) is 6.47. The van der Waals surface area contributed by atoms with Gasteiger partial charge in [-0.25, -0.2) is 0 Å². The Morgan fingerprint density at radius 1 is 0.590 bits per heavy atom. The van der Waals surface area contributed by atoms with Crippen LogP contribution >= 0.6 is 0 Å². The van der Waals surface area contributed by atoms with Crippen molar-refractivity contribution in [3.63, 3.8) is 0 Å². The minimum atomic E-state index is -0.304. The number of anilines is 2. The average molecular weight is 508 g/mol. The maximum atomic E-state index is 13.3. The molecular formula is C32H25BN4O2. The Kier molecular flexibility index (Phi) is 7.32. The van der Waals surface area contributed by atoms with E-state index in [1.54, 1.807) is 44.7 Å². The van der Waals surface area contributed by atoms with Gasteiger partial charge in [0.05, 0.1) is 35.2 Å². The minimum Gasteiger partial charge on any atom is -0.310 e. The Hall–Kier alpha value is -5.04. The number of pyridine rings is 2. The van der Waals surface area contributed by atoms with Crippen molar-refractivity contribution in [2.45, 2.75) is 0 Å².